The number of nitrogens with zero attached hydrogens (tertiary/aromatic N) is 1. The van der Waals surface area contributed by atoms with Crippen molar-refractivity contribution in [1.82, 2.24) is 5.06 Å². The van der Waals surface area contributed by atoms with Gasteiger partial charge in [0.25, 0.3) is 0 Å². The third-order valence-electron chi connectivity index (χ3n) is 1.22. The first-order valence-electron chi connectivity index (χ1n) is 2.84. The number of ether oxygens (including phenoxy) is 1. The molecular formula is C5H11NO2. The summed E-state index contributed by atoms with van der Waals surface area (Å²) >= 11 is 0. The van der Waals surface area contributed by atoms with E-state index in [9.17, 15) is 0 Å². The fourth-order valence-corrected chi connectivity index (χ4v) is 0.800. The zero-order valence-corrected chi connectivity index (χ0v) is 5.00. The molecule has 48 valence electrons. The molecule has 1 saturated heterocycles. The average Bonchev–Trinajstić information content (AvgIpc) is 1.64. The van der Waals surface area contributed by atoms with Gasteiger partial charge in [-0.25, -0.2) is 0 Å². The van der Waals surface area contributed by atoms with E-state index in [1.54, 1.807) is 0 Å². The first-order valence-corrected chi connectivity index (χ1v) is 2.84. The lowest BCUT2D eigenvalue weighted by molar-refractivity contribution is -0.164. The van der Waals surface area contributed by atoms with Crippen molar-refractivity contribution >= 4 is 0 Å². The Morgan fingerprint density at radius 3 is 2.88 bits per heavy atom. The normalized spacial score (nSPS) is 33.0. The Morgan fingerprint density at radius 1 is 1.75 bits per heavy atom. The highest BCUT2D eigenvalue weighted by Crippen LogP contribution is 1.99. The molecule has 1 heterocycles. The van der Waals surface area contributed by atoms with Crippen molar-refractivity contribution in [3.05, 3.63) is 0 Å². The van der Waals surface area contributed by atoms with Crippen LogP contribution in [0.4, 0.5) is 0 Å². The second-order valence-electron chi connectivity index (χ2n) is 2.09. The van der Waals surface area contributed by atoms with E-state index in [1.807, 2.05) is 6.92 Å². The maximum atomic E-state index is 8.83. The highest BCUT2D eigenvalue weighted by Gasteiger charge is 2.13. The van der Waals surface area contributed by atoms with E-state index < -0.39 is 0 Å². The Hall–Kier alpha value is -0.120. The van der Waals surface area contributed by atoms with E-state index >= 15 is 0 Å². The van der Waals surface area contributed by atoms with Gasteiger partial charge < -0.3 is 9.94 Å². The molecular weight excluding hydrogens is 106 g/mol. The minimum atomic E-state index is 0.189. The van der Waals surface area contributed by atoms with Crippen LogP contribution < -0.4 is 0 Å². The van der Waals surface area contributed by atoms with Gasteiger partial charge in [-0.2, -0.15) is 5.06 Å². The van der Waals surface area contributed by atoms with E-state index in [4.69, 9.17) is 9.94 Å². The maximum Gasteiger partial charge on any atom is 0.0697 e. The summed E-state index contributed by atoms with van der Waals surface area (Å²) in [6.07, 6.45) is 0.189. The fraction of sp³-hybridized carbons (Fsp3) is 1.00. The van der Waals surface area contributed by atoms with E-state index in [2.05, 4.69) is 0 Å². The molecule has 0 saturated carbocycles. The first-order chi connectivity index (χ1) is 3.79. The predicted molar refractivity (Wildman–Crippen MR) is 28.8 cm³/mol. The van der Waals surface area contributed by atoms with Crippen LogP contribution in [0.1, 0.15) is 6.92 Å². The minimum Gasteiger partial charge on any atom is -0.376 e. The monoisotopic (exact) mass is 117 g/mol. The molecule has 0 amide bonds. The standard InChI is InChI=1S/C5H11NO2/c1-5-4-6(7)2-3-8-5/h5,7H,2-4H2,1H3/t5-/m1/s1. The van der Waals surface area contributed by atoms with E-state index in [0.717, 1.165) is 0 Å². The molecule has 0 aromatic heterocycles. The highest BCUT2D eigenvalue weighted by atomic mass is 16.5. The van der Waals surface area contributed by atoms with Crippen LogP contribution in [0.25, 0.3) is 0 Å². The molecule has 8 heavy (non-hydrogen) atoms. The quantitative estimate of drug-likeness (QED) is 0.488. The molecule has 0 aromatic rings. The summed E-state index contributed by atoms with van der Waals surface area (Å²) in [4.78, 5) is 0. The van der Waals surface area contributed by atoms with Gasteiger partial charge in [0.05, 0.1) is 12.7 Å². The molecule has 0 bridgehead atoms. The molecule has 0 radical (unpaired) electrons. The van der Waals surface area contributed by atoms with Crippen molar-refractivity contribution in [3.8, 4) is 0 Å². The van der Waals surface area contributed by atoms with Gasteiger partial charge in [-0.15, -0.1) is 0 Å². The second kappa shape index (κ2) is 2.44. The Morgan fingerprint density at radius 2 is 2.50 bits per heavy atom. The van der Waals surface area contributed by atoms with E-state index in [-0.39, 0.29) is 6.10 Å². The van der Waals surface area contributed by atoms with Crippen LogP contribution in [-0.4, -0.2) is 36.1 Å². The summed E-state index contributed by atoms with van der Waals surface area (Å²) in [6, 6.07) is 0. The molecule has 3 nitrogen and oxygen atoms in total. The topological polar surface area (TPSA) is 32.7 Å². The second-order valence-corrected chi connectivity index (χ2v) is 2.09. The number of hydrogen-bond donors (Lipinski definition) is 1. The summed E-state index contributed by atoms with van der Waals surface area (Å²) < 4.78 is 5.15. The van der Waals surface area contributed by atoms with Crippen LogP contribution in [0, 0.1) is 0 Å². The Balaban J connectivity index is 2.23. The largest absolute Gasteiger partial charge is 0.376 e. The number of rotatable bonds is 0. The Kier molecular flexibility index (Phi) is 1.83. The van der Waals surface area contributed by atoms with E-state index in [1.165, 1.54) is 5.06 Å². The number of morpholine rings is 1. The van der Waals surface area contributed by atoms with Crippen molar-refractivity contribution in [2.45, 2.75) is 13.0 Å². The minimum absolute atomic E-state index is 0.189. The van der Waals surface area contributed by atoms with Gasteiger partial charge in [-0.1, -0.05) is 0 Å². The van der Waals surface area contributed by atoms with Crippen LogP contribution >= 0.6 is 0 Å². The zero-order chi connectivity index (χ0) is 5.98. The number of hydrogen-bond acceptors (Lipinski definition) is 3. The summed E-state index contributed by atoms with van der Waals surface area (Å²) in [7, 11) is 0. The third kappa shape index (κ3) is 1.43. The van der Waals surface area contributed by atoms with Gasteiger partial charge in [-0.05, 0) is 6.92 Å². The summed E-state index contributed by atoms with van der Waals surface area (Å²) in [5.41, 5.74) is 0. The summed E-state index contributed by atoms with van der Waals surface area (Å²) in [5, 5.41) is 10.1. The fourth-order valence-electron chi connectivity index (χ4n) is 0.800. The maximum absolute atomic E-state index is 8.83. The number of hydroxylamine groups is 2. The van der Waals surface area contributed by atoms with Crippen LogP contribution in [0.15, 0.2) is 0 Å². The molecule has 0 unspecified atom stereocenters. The predicted octanol–water partition coefficient (Wildman–Crippen LogP) is 0.0963. The summed E-state index contributed by atoms with van der Waals surface area (Å²) in [6.45, 7) is 3.88. The lowest BCUT2D eigenvalue weighted by Crippen LogP contribution is -2.38. The Labute approximate surface area is 48.8 Å². The van der Waals surface area contributed by atoms with Crippen molar-refractivity contribution in [2.75, 3.05) is 19.7 Å². The van der Waals surface area contributed by atoms with Crippen molar-refractivity contribution in [3.63, 3.8) is 0 Å². The summed E-state index contributed by atoms with van der Waals surface area (Å²) in [5.74, 6) is 0. The van der Waals surface area contributed by atoms with Crippen LogP contribution in [0.5, 0.6) is 0 Å². The molecule has 0 spiro atoms. The molecule has 0 aromatic carbocycles. The van der Waals surface area contributed by atoms with Crippen molar-refractivity contribution in [1.29, 1.82) is 0 Å². The van der Waals surface area contributed by atoms with Gasteiger partial charge in [0, 0.05) is 13.1 Å². The first kappa shape index (κ1) is 6.01. The highest BCUT2D eigenvalue weighted by molar-refractivity contribution is 4.59. The zero-order valence-electron chi connectivity index (χ0n) is 5.00. The lowest BCUT2D eigenvalue weighted by atomic mass is 10.3. The van der Waals surface area contributed by atoms with Gasteiger partial charge in [0.15, 0.2) is 0 Å². The van der Waals surface area contributed by atoms with Crippen molar-refractivity contribution < 1.29 is 9.94 Å². The Bertz CT molecular complexity index is 68.8. The van der Waals surface area contributed by atoms with Crippen LogP contribution in [0.3, 0.4) is 0 Å². The molecule has 3 heteroatoms. The molecule has 1 atom stereocenters. The van der Waals surface area contributed by atoms with Crippen LogP contribution in [-0.2, 0) is 4.74 Å². The molecule has 1 aliphatic heterocycles. The van der Waals surface area contributed by atoms with Gasteiger partial charge in [0.2, 0.25) is 0 Å². The molecule has 1 aliphatic rings. The molecule has 1 rings (SSSR count). The van der Waals surface area contributed by atoms with Crippen molar-refractivity contribution in [2.24, 2.45) is 0 Å². The third-order valence-corrected chi connectivity index (χ3v) is 1.22. The molecule has 0 aliphatic carbocycles. The average molecular weight is 117 g/mol. The lowest BCUT2D eigenvalue weighted by Gasteiger charge is -2.25. The van der Waals surface area contributed by atoms with Crippen LogP contribution in [0.2, 0.25) is 0 Å². The smallest absolute Gasteiger partial charge is 0.0697 e. The molecule has 1 fully saturated rings. The van der Waals surface area contributed by atoms with Gasteiger partial charge in [0.1, 0.15) is 0 Å². The molecule has 1 N–H and O–H groups in total. The van der Waals surface area contributed by atoms with Gasteiger partial charge >= 0.3 is 0 Å². The SMILES string of the molecule is C[C@@H]1CN(O)CCO1. The van der Waals surface area contributed by atoms with E-state index in [0.29, 0.717) is 19.7 Å². The van der Waals surface area contributed by atoms with Gasteiger partial charge in [-0.3, -0.25) is 0 Å².